The van der Waals surface area contributed by atoms with Crippen molar-refractivity contribution in [1.29, 1.82) is 0 Å². The number of nitrogens with zero attached hydrogens (tertiary/aromatic N) is 4. The van der Waals surface area contributed by atoms with E-state index in [0.29, 0.717) is 35.5 Å². The van der Waals surface area contributed by atoms with Gasteiger partial charge in [0.1, 0.15) is 17.6 Å². The van der Waals surface area contributed by atoms with Crippen molar-refractivity contribution in [2.24, 2.45) is 5.11 Å². The van der Waals surface area contributed by atoms with Crippen LogP contribution in [0.3, 0.4) is 0 Å². The van der Waals surface area contributed by atoms with Crippen LogP contribution >= 0.6 is 15.9 Å². The number of anilines is 1. The van der Waals surface area contributed by atoms with Crippen molar-refractivity contribution < 1.29 is 23.8 Å². The van der Waals surface area contributed by atoms with Gasteiger partial charge in [-0.15, -0.1) is 0 Å². The molecule has 0 bridgehead atoms. The predicted octanol–water partition coefficient (Wildman–Crippen LogP) is 5.38. The Morgan fingerprint density at radius 1 is 1.24 bits per heavy atom. The highest BCUT2D eigenvalue weighted by molar-refractivity contribution is 9.10. The van der Waals surface area contributed by atoms with Crippen LogP contribution in [0.5, 0.6) is 5.75 Å². The molecule has 2 aromatic carbocycles. The molecule has 0 saturated heterocycles. The Labute approximate surface area is 206 Å². The highest BCUT2D eigenvalue weighted by atomic mass is 79.9. The van der Waals surface area contributed by atoms with Gasteiger partial charge in [0.05, 0.1) is 31.9 Å². The molecule has 0 radical (unpaired) electrons. The smallest absolute Gasteiger partial charge is 0.340 e. The van der Waals surface area contributed by atoms with E-state index >= 15 is 0 Å². The van der Waals surface area contributed by atoms with E-state index < -0.39 is 12.1 Å². The normalized spacial score (nSPS) is 15.0. The second-order valence-electron chi connectivity index (χ2n) is 7.40. The van der Waals surface area contributed by atoms with Gasteiger partial charge >= 0.3 is 11.9 Å². The number of hydrogen-bond donors (Lipinski definition) is 0. The highest BCUT2D eigenvalue weighted by Crippen LogP contribution is 2.40. The molecule has 1 aliphatic rings. The molecule has 3 rings (SSSR count). The molecule has 0 amide bonds. The first-order valence-corrected chi connectivity index (χ1v) is 11.6. The lowest BCUT2D eigenvalue weighted by atomic mass is 10.1. The largest absolute Gasteiger partial charge is 0.486 e. The van der Waals surface area contributed by atoms with Crippen molar-refractivity contribution in [2.45, 2.75) is 32.9 Å². The standard InChI is InChI=1S/C24H25BrN4O5/c1-3-32-23(30)12-18-15-29(14-16-8-6-5-7-9-16)21-13-19(25)17(11-22(21)34-18)10-20(27-28-26)24(31)33-4-2/h5-11,13,18H,3-4,12,14-15H2,1-2H3/b20-10-. The van der Waals surface area contributed by atoms with Crippen molar-refractivity contribution in [3.05, 3.63) is 74.2 Å². The summed E-state index contributed by atoms with van der Waals surface area (Å²) in [4.78, 5) is 29.2. The van der Waals surface area contributed by atoms with E-state index in [4.69, 9.17) is 19.7 Å². The molecule has 0 aliphatic carbocycles. The first-order valence-electron chi connectivity index (χ1n) is 10.8. The summed E-state index contributed by atoms with van der Waals surface area (Å²) in [7, 11) is 0. The van der Waals surface area contributed by atoms with Gasteiger partial charge in [-0.05, 0) is 48.7 Å². The summed E-state index contributed by atoms with van der Waals surface area (Å²) in [6.45, 7) is 4.99. The number of carbonyl (C=O) groups is 2. The molecular formula is C24H25BrN4O5. The van der Waals surface area contributed by atoms with E-state index in [1.807, 2.05) is 36.4 Å². The zero-order valence-electron chi connectivity index (χ0n) is 18.9. The van der Waals surface area contributed by atoms with Crippen LogP contribution in [0, 0.1) is 0 Å². The van der Waals surface area contributed by atoms with E-state index in [1.165, 1.54) is 6.08 Å². The Morgan fingerprint density at radius 2 is 1.97 bits per heavy atom. The minimum atomic E-state index is -0.725. The molecule has 1 unspecified atom stereocenters. The molecule has 0 saturated carbocycles. The Kier molecular flexibility index (Phi) is 8.95. The number of carbonyl (C=O) groups excluding carboxylic acids is 2. The van der Waals surface area contributed by atoms with Gasteiger partial charge in [0, 0.05) is 15.9 Å². The first kappa shape index (κ1) is 25.1. The second-order valence-corrected chi connectivity index (χ2v) is 8.25. The maximum Gasteiger partial charge on any atom is 0.340 e. The lowest BCUT2D eigenvalue weighted by molar-refractivity contribution is -0.145. The van der Waals surface area contributed by atoms with E-state index in [2.05, 4.69) is 30.9 Å². The van der Waals surface area contributed by atoms with Crippen LogP contribution in [0.15, 0.2) is 57.7 Å². The van der Waals surface area contributed by atoms with Crippen LogP contribution in [0.2, 0.25) is 0 Å². The summed E-state index contributed by atoms with van der Waals surface area (Å²) in [6, 6.07) is 13.6. The molecular weight excluding hydrogens is 504 g/mol. The predicted molar refractivity (Wildman–Crippen MR) is 131 cm³/mol. The summed E-state index contributed by atoms with van der Waals surface area (Å²) in [5.74, 6) is -0.521. The number of halogens is 1. The summed E-state index contributed by atoms with van der Waals surface area (Å²) in [6.07, 6.45) is 1.11. The van der Waals surface area contributed by atoms with Crippen LogP contribution in [-0.4, -0.2) is 37.8 Å². The number of azide groups is 1. The minimum Gasteiger partial charge on any atom is -0.486 e. The van der Waals surface area contributed by atoms with Gasteiger partial charge in [-0.25, -0.2) is 4.79 Å². The molecule has 34 heavy (non-hydrogen) atoms. The molecule has 0 spiro atoms. The minimum absolute atomic E-state index is 0.104. The zero-order valence-corrected chi connectivity index (χ0v) is 20.5. The van der Waals surface area contributed by atoms with E-state index in [0.717, 1.165) is 11.3 Å². The van der Waals surface area contributed by atoms with Gasteiger partial charge in [-0.1, -0.05) is 51.4 Å². The fourth-order valence-electron chi connectivity index (χ4n) is 3.57. The number of benzene rings is 2. The number of rotatable bonds is 9. The monoisotopic (exact) mass is 528 g/mol. The van der Waals surface area contributed by atoms with Crippen molar-refractivity contribution in [2.75, 3.05) is 24.7 Å². The molecule has 1 aliphatic heterocycles. The third kappa shape index (κ3) is 6.52. The fraction of sp³-hybridized carbons (Fsp3) is 0.333. The van der Waals surface area contributed by atoms with Crippen LogP contribution < -0.4 is 9.64 Å². The van der Waals surface area contributed by atoms with E-state index in [9.17, 15) is 9.59 Å². The number of hydrogen-bond acceptors (Lipinski definition) is 7. The van der Waals surface area contributed by atoms with Crippen LogP contribution in [-0.2, 0) is 25.6 Å². The number of esters is 2. The molecule has 9 nitrogen and oxygen atoms in total. The quantitative estimate of drug-likeness (QED) is 0.142. The Morgan fingerprint density at radius 3 is 2.65 bits per heavy atom. The third-order valence-corrected chi connectivity index (χ3v) is 5.67. The van der Waals surface area contributed by atoms with Gasteiger partial charge in [-0.3, -0.25) is 4.79 Å². The summed E-state index contributed by atoms with van der Waals surface area (Å²) in [5, 5.41) is 3.47. The molecule has 1 heterocycles. The summed E-state index contributed by atoms with van der Waals surface area (Å²) >= 11 is 3.54. The van der Waals surface area contributed by atoms with Gasteiger partial charge in [-0.2, -0.15) is 0 Å². The fourth-order valence-corrected chi connectivity index (χ4v) is 4.01. The molecule has 0 fully saturated rings. The van der Waals surface area contributed by atoms with Gasteiger partial charge in [0.2, 0.25) is 0 Å². The zero-order chi connectivity index (χ0) is 24.5. The molecule has 0 aromatic heterocycles. The van der Waals surface area contributed by atoms with Crippen molar-refractivity contribution in [1.82, 2.24) is 0 Å². The molecule has 2 aromatic rings. The summed E-state index contributed by atoms with van der Waals surface area (Å²) in [5.41, 5.74) is 11.2. The summed E-state index contributed by atoms with van der Waals surface area (Å²) < 4.78 is 16.9. The molecule has 178 valence electrons. The van der Waals surface area contributed by atoms with Crippen LogP contribution in [0.4, 0.5) is 5.69 Å². The lowest BCUT2D eigenvalue weighted by Crippen LogP contribution is -2.41. The Balaban J connectivity index is 1.99. The number of ether oxygens (including phenoxy) is 3. The Bertz CT molecular complexity index is 1120. The van der Waals surface area contributed by atoms with Crippen molar-refractivity contribution in [3.63, 3.8) is 0 Å². The topological polar surface area (TPSA) is 114 Å². The SMILES string of the molecule is CCOC(=O)CC1CN(Cc2ccccc2)c2cc(Br)c(/C=C(\N=[N+]=[N-])C(=O)OCC)cc2O1. The van der Waals surface area contributed by atoms with Gasteiger partial charge in [0.15, 0.2) is 0 Å². The first-order chi connectivity index (χ1) is 16.4. The average molecular weight is 529 g/mol. The molecule has 10 heteroatoms. The lowest BCUT2D eigenvalue weighted by Gasteiger charge is -2.36. The van der Waals surface area contributed by atoms with E-state index in [1.54, 1.807) is 19.9 Å². The van der Waals surface area contributed by atoms with Gasteiger partial charge < -0.3 is 19.1 Å². The molecule has 0 N–H and O–H groups in total. The maximum absolute atomic E-state index is 12.2. The maximum atomic E-state index is 12.2. The van der Waals surface area contributed by atoms with Crippen molar-refractivity contribution in [3.8, 4) is 5.75 Å². The third-order valence-electron chi connectivity index (χ3n) is 4.98. The van der Waals surface area contributed by atoms with Crippen LogP contribution in [0.25, 0.3) is 16.5 Å². The molecule has 1 atom stereocenters. The van der Waals surface area contributed by atoms with Crippen LogP contribution in [0.1, 0.15) is 31.4 Å². The van der Waals surface area contributed by atoms with E-state index in [-0.39, 0.29) is 24.7 Å². The highest BCUT2D eigenvalue weighted by Gasteiger charge is 2.29. The van der Waals surface area contributed by atoms with Gasteiger partial charge in [0.25, 0.3) is 0 Å². The number of fused-ring (bicyclic) bond motifs is 1. The second kappa shape index (κ2) is 12.1. The average Bonchev–Trinajstić information content (AvgIpc) is 2.80. The Hall–Kier alpha value is -3.49. The van der Waals surface area contributed by atoms with Crippen molar-refractivity contribution >= 4 is 39.6 Å².